The van der Waals surface area contributed by atoms with Gasteiger partial charge in [0.25, 0.3) is 0 Å². The Morgan fingerprint density at radius 3 is 2.57 bits per heavy atom. The number of hydrogen-bond donors (Lipinski definition) is 0. The Bertz CT molecular complexity index is 626. The maximum atomic E-state index is 12.8. The number of nitrogens with zero attached hydrogens (tertiary/aromatic N) is 1. The lowest BCUT2D eigenvalue weighted by molar-refractivity contribution is 0.0530. The standard InChI is InChI=1S/C18H25NO3S/c1-4-22-17(21)15-12-10-18(2,3)11-13(20)14(12)16(23-15)19-8-6-5-7-9-19/h4-11H2,1-3H3. The highest BCUT2D eigenvalue weighted by Crippen LogP contribution is 2.46. The number of carbonyl (C=O) groups excluding carboxylic acids is 2. The van der Waals surface area contributed by atoms with Crippen molar-refractivity contribution in [3.05, 3.63) is 16.0 Å². The van der Waals surface area contributed by atoms with Gasteiger partial charge in [-0.1, -0.05) is 13.8 Å². The first-order valence-electron chi connectivity index (χ1n) is 8.54. The van der Waals surface area contributed by atoms with Crippen molar-refractivity contribution < 1.29 is 14.3 Å². The molecule has 126 valence electrons. The van der Waals surface area contributed by atoms with E-state index < -0.39 is 0 Å². The molecule has 0 bridgehead atoms. The van der Waals surface area contributed by atoms with Gasteiger partial charge in [-0.3, -0.25) is 4.79 Å². The van der Waals surface area contributed by atoms with Gasteiger partial charge in [-0.15, -0.1) is 11.3 Å². The SMILES string of the molecule is CCOC(=O)c1sc(N2CCCCC2)c2c1CC(C)(C)CC2=O. The second-order valence-electron chi connectivity index (χ2n) is 7.30. The van der Waals surface area contributed by atoms with Gasteiger partial charge in [-0.05, 0) is 43.6 Å². The molecule has 23 heavy (non-hydrogen) atoms. The number of carbonyl (C=O) groups is 2. The van der Waals surface area contributed by atoms with Crippen molar-refractivity contribution in [2.75, 3.05) is 24.6 Å². The quantitative estimate of drug-likeness (QED) is 0.781. The monoisotopic (exact) mass is 335 g/mol. The zero-order valence-electron chi connectivity index (χ0n) is 14.2. The molecule has 0 spiro atoms. The molecule has 1 aliphatic carbocycles. The topological polar surface area (TPSA) is 46.6 Å². The summed E-state index contributed by atoms with van der Waals surface area (Å²) in [4.78, 5) is 28.1. The van der Waals surface area contributed by atoms with Crippen LogP contribution in [0.15, 0.2) is 0 Å². The smallest absolute Gasteiger partial charge is 0.348 e. The summed E-state index contributed by atoms with van der Waals surface area (Å²) in [5.41, 5.74) is 1.64. The molecule has 0 aromatic carbocycles. The van der Waals surface area contributed by atoms with Crippen molar-refractivity contribution in [3.63, 3.8) is 0 Å². The number of rotatable bonds is 3. The minimum Gasteiger partial charge on any atom is -0.462 e. The minimum atomic E-state index is -0.275. The Labute approximate surface area is 141 Å². The van der Waals surface area contributed by atoms with E-state index in [9.17, 15) is 9.59 Å². The first-order chi connectivity index (χ1) is 10.9. The molecule has 0 radical (unpaired) electrons. The molecular weight excluding hydrogens is 310 g/mol. The lowest BCUT2D eigenvalue weighted by Crippen LogP contribution is -2.32. The number of anilines is 1. The molecule has 0 unspecified atom stereocenters. The second-order valence-corrected chi connectivity index (χ2v) is 8.30. The Hall–Kier alpha value is -1.36. The Morgan fingerprint density at radius 2 is 1.91 bits per heavy atom. The summed E-state index contributed by atoms with van der Waals surface area (Å²) in [6.07, 6.45) is 4.88. The number of ether oxygens (including phenoxy) is 1. The van der Waals surface area contributed by atoms with E-state index in [1.807, 2.05) is 6.92 Å². The average molecular weight is 335 g/mol. The molecule has 3 rings (SSSR count). The maximum absolute atomic E-state index is 12.8. The highest BCUT2D eigenvalue weighted by molar-refractivity contribution is 7.18. The Balaban J connectivity index is 2.07. The molecule has 2 aliphatic rings. The van der Waals surface area contributed by atoms with Crippen molar-refractivity contribution in [1.29, 1.82) is 0 Å². The van der Waals surface area contributed by atoms with Crippen LogP contribution >= 0.6 is 11.3 Å². The van der Waals surface area contributed by atoms with E-state index >= 15 is 0 Å². The predicted octanol–water partition coefficient (Wildman–Crippen LogP) is 4.07. The molecule has 5 heteroatoms. The van der Waals surface area contributed by atoms with Crippen LogP contribution in [-0.2, 0) is 11.2 Å². The zero-order chi connectivity index (χ0) is 16.6. The van der Waals surface area contributed by atoms with Gasteiger partial charge >= 0.3 is 5.97 Å². The Kier molecular flexibility index (Phi) is 4.50. The van der Waals surface area contributed by atoms with Gasteiger partial charge in [0.2, 0.25) is 0 Å². The number of Topliss-reactive ketones (excluding diaryl/α,β-unsaturated/α-hetero) is 1. The van der Waals surface area contributed by atoms with Crippen LogP contribution < -0.4 is 4.90 Å². The van der Waals surface area contributed by atoms with Crippen molar-refractivity contribution in [2.45, 2.75) is 52.9 Å². The fourth-order valence-electron chi connectivity index (χ4n) is 3.65. The lowest BCUT2D eigenvalue weighted by atomic mass is 9.74. The van der Waals surface area contributed by atoms with Crippen LogP contribution in [0.5, 0.6) is 0 Å². The third-order valence-corrected chi connectivity index (χ3v) is 5.94. The number of ketones is 1. The molecule has 0 amide bonds. The zero-order valence-corrected chi connectivity index (χ0v) is 15.1. The third kappa shape index (κ3) is 3.16. The molecule has 4 nitrogen and oxygen atoms in total. The summed E-state index contributed by atoms with van der Waals surface area (Å²) in [7, 11) is 0. The fraction of sp³-hybridized carbons (Fsp3) is 0.667. The van der Waals surface area contributed by atoms with Crippen LogP contribution in [0.1, 0.15) is 72.0 Å². The summed E-state index contributed by atoms with van der Waals surface area (Å²) < 4.78 is 5.24. The van der Waals surface area contributed by atoms with Crippen molar-refractivity contribution in [3.8, 4) is 0 Å². The van der Waals surface area contributed by atoms with Crippen LogP contribution in [0.2, 0.25) is 0 Å². The van der Waals surface area contributed by atoms with Crippen LogP contribution in [0, 0.1) is 5.41 Å². The maximum Gasteiger partial charge on any atom is 0.348 e. The fourth-order valence-corrected chi connectivity index (χ4v) is 4.94. The summed E-state index contributed by atoms with van der Waals surface area (Å²) in [5.74, 6) is -0.0915. The van der Waals surface area contributed by atoms with Gasteiger partial charge in [-0.25, -0.2) is 4.79 Å². The predicted molar refractivity (Wildman–Crippen MR) is 92.8 cm³/mol. The molecular formula is C18H25NO3S. The van der Waals surface area contributed by atoms with E-state index in [4.69, 9.17) is 4.74 Å². The molecule has 1 aliphatic heterocycles. The highest BCUT2D eigenvalue weighted by atomic mass is 32.1. The van der Waals surface area contributed by atoms with E-state index in [0.29, 0.717) is 17.9 Å². The van der Waals surface area contributed by atoms with Gasteiger partial charge in [0.15, 0.2) is 5.78 Å². The van der Waals surface area contributed by atoms with Gasteiger partial charge in [0, 0.05) is 19.5 Å². The Morgan fingerprint density at radius 1 is 1.22 bits per heavy atom. The number of piperidine rings is 1. The third-order valence-electron chi connectivity index (χ3n) is 4.67. The largest absolute Gasteiger partial charge is 0.462 e. The minimum absolute atomic E-state index is 0.0917. The summed E-state index contributed by atoms with van der Waals surface area (Å²) in [5, 5.41) is 1.00. The molecule has 1 aromatic rings. The molecule has 1 fully saturated rings. The van der Waals surface area contributed by atoms with Crippen LogP contribution in [0.25, 0.3) is 0 Å². The first kappa shape index (κ1) is 16.5. The molecule has 0 atom stereocenters. The summed E-state index contributed by atoms with van der Waals surface area (Å²) in [6, 6.07) is 0. The van der Waals surface area contributed by atoms with Crippen LogP contribution in [0.4, 0.5) is 5.00 Å². The molecule has 0 saturated carbocycles. The van der Waals surface area contributed by atoms with Crippen molar-refractivity contribution >= 4 is 28.1 Å². The number of esters is 1. The number of hydrogen-bond acceptors (Lipinski definition) is 5. The normalized spacial score (nSPS) is 20.3. The van der Waals surface area contributed by atoms with Crippen LogP contribution in [0.3, 0.4) is 0 Å². The lowest BCUT2D eigenvalue weighted by Gasteiger charge is -2.32. The number of thiophene rings is 1. The molecule has 2 heterocycles. The van der Waals surface area contributed by atoms with E-state index in [2.05, 4.69) is 18.7 Å². The molecule has 1 aromatic heterocycles. The van der Waals surface area contributed by atoms with Gasteiger partial charge in [0.1, 0.15) is 9.88 Å². The van der Waals surface area contributed by atoms with E-state index in [-0.39, 0.29) is 17.2 Å². The van der Waals surface area contributed by atoms with Gasteiger partial charge in [0.05, 0.1) is 12.2 Å². The van der Waals surface area contributed by atoms with E-state index in [1.54, 1.807) is 0 Å². The van der Waals surface area contributed by atoms with Crippen LogP contribution in [-0.4, -0.2) is 31.4 Å². The summed E-state index contributed by atoms with van der Waals surface area (Å²) >= 11 is 1.46. The summed E-state index contributed by atoms with van der Waals surface area (Å²) in [6.45, 7) is 8.33. The average Bonchev–Trinajstić information content (AvgIpc) is 2.86. The number of fused-ring (bicyclic) bond motifs is 1. The molecule has 0 N–H and O–H groups in total. The second kappa shape index (κ2) is 6.27. The first-order valence-corrected chi connectivity index (χ1v) is 9.35. The van der Waals surface area contributed by atoms with E-state index in [0.717, 1.165) is 48.5 Å². The van der Waals surface area contributed by atoms with E-state index in [1.165, 1.54) is 17.8 Å². The van der Waals surface area contributed by atoms with Gasteiger partial charge in [-0.2, -0.15) is 0 Å². The van der Waals surface area contributed by atoms with Crippen molar-refractivity contribution in [2.24, 2.45) is 5.41 Å². The van der Waals surface area contributed by atoms with Crippen molar-refractivity contribution in [1.82, 2.24) is 0 Å². The molecule has 1 saturated heterocycles. The highest BCUT2D eigenvalue weighted by Gasteiger charge is 2.39. The van der Waals surface area contributed by atoms with Gasteiger partial charge < -0.3 is 9.64 Å².